The number of ether oxygens (including phenoxy) is 1. The summed E-state index contributed by atoms with van der Waals surface area (Å²) in [5, 5.41) is 0. The third kappa shape index (κ3) is 2.99. The van der Waals surface area contributed by atoms with Crippen LogP contribution in [0.4, 0.5) is 11.6 Å². The number of pyridine rings is 1. The van der Waals surface area contributed by atoms with E-state index in [4.69, 9.17) is 10.5 Å². The molecule has 0 bridgehead atoms. The van der Waals surface area contributed by atoms with Crippen molar-refractivity contribution >= 4 is 17.5 Å². The molecule has 5 heteroatoms. The van der Waals surface area contributed by atoms with Gasteiger partial charge in [-0.3, -0.25) is 9.69 Å². The maximum Gasteiger partial charge on any atom is 0.274 e. The number of nitrogens with zero attached hydrogens (tertiary/aromatic N) is 2. The van der Waals surface area contributed by atoms with Gasteiger partial charge in [0.25, 0.3) is 5.91 Å². The molecule has 2 heterocycles. The third-order valence-electron chi connectivity index (χ3n) is 4.42. The van der Waals surface area contributed by atoms with Crippen LogP contribution in [0.25, 0.3) is 0 Å². The molecule has 26 heavy (non-hydrogen) atoms. The van der Waals surface area contributed by atoms with Gasteiger partial charge < -0.3 is 10.5 Å². The van der Waals surface area contributed by atoms with Crippen molar-refractivity contribution in [3.63, 3.8) is 0 Å². The summed E-state index contributed by atoms with van der Waals surface area (Å²) in [5.41, 5.74) is 8.85. The molecule has 1 unspecified atom stereocenters. The summed E-state index contributed by atoms with van der Waals surface area (Å²) in [4.78, 5) is 19.2. The Bertz CT molecular complexity index is 939. The van der Waals surface area contributed by atoms with Crippen molar-refractivity contribution in [1.29, 1.82) is 0 Å². The van der Waals surface area contributed by atoms with Gasteiger partial charge in [0.05, 0.1) is 6.54 Å². The number of rotatable bonds is 3. The van der Waals surface area contributed by atoms with E-state index < -0.39 is 6.10 Å². The van der Waals surface area contributed by atoms with Crippen LogP contribution in [0.3, 0.4) is 0 Å². The first-order valence-corrected chi connectivity index (χ1v) is 8.47. The number of fused-ring (bicyclic) bond motifs is 1. The fraction of sp³-hybridized carbons (Fsp3) is 0.143. The fourth-order valence-corrected chi connectivity index (χ4v) is 3.03. The summed E-state index contributed by atoms with van der Waals surface area (Å²) in [7, 11) is 0. The lowest BCUT2D eigenvalue weighted by Crippen LogP contribution is -2.41. The van der Waals surface area contributed by atoms with E-state index in [1.807, 2.05) is 61.5 Å². The van der Waals surface area contributed by atoms with E-state index in [-0.39, 0.29) is 5.91 Å². The number of aryl methyl sites for hydroxylation is 1. The summed E-state index contributed by atoms with van der Waals surface area (Å²) < 4.78 is 5.96. The molecule has 0 spiro atoms. The Kier molecular flexibility index (Phi) is 4.05. The van der Waals surface area contributed by atoms with E-state index in [0.29, 0.717) is 23.9 Å². The van der Waals surface area contributed by atoms with E-state index in [0.717, 1.165) is 11.1 Å². The highest BCUT2D eigenvalue weighted by Gasteiger charge is 2.36. The minimum atomic E-state index is -0.695. The van der Waals surface area contributed by atoms with E-state index in [2.05, 4.69) is 4.98 Å². The maximum absolute atomic E-state index is 13.2. The molecule has 0 saturated heterocycles. The first-order chi connectivity index (χ1) is 12.6. The molecule has 3 aromatic rings. The van der Waals surface area contributed by atoms with Crippen molar-refractivity contribution in [2.24, 2.45) is 0 Å². The number of benzene rings is 2. The monoisotopic (exact) mass is 345 g/mol. The van der Waals surface area contributed by atoms with E-state index >= 15 is 0 Å². The van der Waals surface area contributed by atoms with Crippen LogP contribution in [0.5, 0.6) is 5.75 Å². The first-order valence-electron chi connectivity index (χ1n) is 8.47. The van der Waals surface area contributed by atoms with Crippen molar-refractivity contribution in [2.45, 2.75) is 19.6 Å². The van der Waals surface area contributed by atoms with E-state index in [1.54, 1.807) is 17.0 Å². The number of hydrogen-bond donors (Lipinski definition) is 1. The molecule has 1 aliphatic rings. The molecule has 4 rings (SSSR count). The molecule has 1 aromatic heterocycles. The normalized spacial score (nSPS) is 16.1. The number of nitrogen functional groups attached to an aromatic ring is 1. The first kappa shape index (κ1) is 16.1. The Morgan fingerprint density at radius 2 is 1.77 bits per heavy atom. The highest BCUT2D eigenvalue weighted by Crippen LogP contribution is 2.38. The molecule has 0 saturated carbocycles. The number of aromatic nitrogens is 1. The topological polar surface area (TPSA) is 68.5 Å². The van der Waals surface area contributed by atoms with Crippen molar-refractivity contribution in [1.82, 2.24) is 4.98 Å². The highest BCUT2D eigenvalue weighted by molar-refractivity contribution is 5.99. The van der Waals surface area contributed by atoms with Crippen LogP contribution in [0, 0.1) is 6.92 Å². The second kappa shape index (κ2) is 6.52. The van der Waals surface area contributed by atoms with Gasteiger partial charge in [-0.25, -0.2) is 4.98 Å². The lowest BCUT2D eigenvalue weighted by Gasteiger charge is -2.33. The molecular weight excluding hydrogens is 326 g/mol. The standard InChI is InChI=1S/C21H19N3O2/c1-14-7-9-15(10-8-14)13-24-20-17(11-12-18(22)23-20)26-19(21(24)25)16-5-3-2-4-6-16/h2-12,19H,13H2,1H3,(H2,22,23). The molecule has 2 N–H and O–H groups in total. The van der Waals surface area contributed by atoms with Gasteiger partial charge in [-0.2, -0.15) is 0 Å². The van der Waals surface area contributed by atoms with Gasteiger partial charge in [0.15, 0.2) is 11.6 Å². The highest BCUT2D eigenvalue weighted by atomic mass is 16.5. The lowest BCUT2D eigenvalue weighted by molar-refractivity contribution is -0.126. The zero-order chi connectivity index (χ0) is 18.1. The number of nitrogens with two attached hydrogens (primary N) is 1. The quantitative estimate of drug-likeness (QED) is 0.787. The van der Waals surface area contributed by atoms with Crippen LogP contribution in [0.15, 0.2) is 66.7 Å². The molecule has 1 atom stereocenters. The van der Waals surface area contributed by atoms with Gasteiger partial charge in [-0.1, -0.05) is 60.2 Å². The van der Waals surface area contributed by atoms with Gasteiger partial charge in [-0.15, -0.1) is 0 Å². The van der Waals surface area contributed by atoms with Crippen molar-refractivity contribution < 1.29 is 9.53 Å². The maximum atomic E-state index is 13.2. The van der Waals surface area contributed by atoms with Crippen molar-refractivity contribution in [2.75, 3.05) is 10.6 Å². The van der Waals surface area contributed by atoms with Crippen molar-refractivity contribution in [3.05, 3.63) is 83.4 Å². The summed E-state index contributed by atoms with van der Waals surface area (Å²) in [6.07, 6.45) is -0.695. The lowest BCUT2D eigenvalue weighted by atomic mass is 10.1. The van der Waals surface area contributed by atoms with Crippen LogP contribution in [0.2, 0.25) is 0 Å². The molecule has 2 aromatic carbocycles. The third-order valence-corrected chi connectivity index (χ3v) is 4.42. The molecule has 1 amide bonds. The molecule has 0 radical (unpaired) electrons. The molecule has 130 valence electrons. The Labute approximate surface area is 152 Å². The van der Waals surface area contributed by atoms with Crippen LogP contribution in [-0.4, -0.2) is 10.9 Å². The molecule has 1 aliphatic heterocycles. The van der Waals surface area contributed by atoms with Gasteiger partial charge in [0, 0.05) is 5.56 Å². The average molecular weight is 345 g/mol. The Hall–Kier alpha value is -3.34. The SMILES string of the molecule is Cc1ccc(CN2C(=O)C(c3ccccc3)Oc3ccc(N)nc32)cc1. The fourth-order valence-electron chi connectivity index (χ4n) is 3.03. The number of hydrogen-bond acceptors (Lipinski definition) is 4. The smallest absolute Gasteiger partial charge is 0.274 e. The number of carbonyl (C=O) groups is 1. The van der Waals surface area contributed by atoms with Gasteiger partial charge >= 0.3 is 0 Å². The Morgan fingerprint density at radius 3 is 2.50 bits per heavy atom. The largest absolute Gasteiger partial charge is 0.472 e. The van der Waals surface area contributed by atoms with Crippen molar-refractivity contribution in [3.8, 4) is 5.75 Å². The average Bonchev–Trinajstić information content (AvgIpc) is 2.66. The minimum absolute atomic E-state index is 0.151. The summed E-state index contributed by atoms with van der Waals surface area (Å²) in [6, 6.07) is 21.0. The van der Waals surface area contributed by atoms with Crippen LogP contribution in [-0.2, 0) is 11.3 Å². The second-order valence-corrected chi connectivity index (χ2v) is 6.38. The predicted octanol–water partition coefficient (Wildman–Crippen LogP) is 3.64. The predicted molar refractivity (Wildman–Crippen MR) is 101 cm³/mol. The Morgan fingerprint density at radius 1 is 1.04 bits per heavy atom. The van der Waals surface area contributed by atoms with Gasteiger partial charge in [0.2, 0.25) is 6.10 Å². The zero-order valence-corrected chi connectivity index (χ0v) is 14.4. The van der Waals surface area contributed by atoms with E-state index in [1.165, 1.54) is 5.56 Å². The number of anilines is 2. The summed E-state index contributed by atoms with van der Waals surface area (Å²) in [6.45, 7) is 2.45. The van der Waals surface area contributed by atoms with Crippen LogP contribution < -0.4 is 15.4 Å². The Balaban J connectivity index is 1.75. The zero-order valence-electron chi connectivity index (χ0n) is 14.4. The molecule has 0 fully saturated rings. The van der Waals surface area contributed by atoms with Crippen LogP contribution >= 0.6 is 0 Å². The van der Waals surface area contributed by atoms with Gasteiger partial charge in [0.1, 0.15) is 5.82 Å². The van der Waals surface area contributed by atoms with Gasteiger partial charge in [-0.05, 0) is 24.6 Å². The minimum Gasteiger partial charge on any atom is -0.472 e. The molecule has 5 nitrogen and oxygen atoms in total. The summed E-state index contributed by atoms with van der Waals surface area (Å²) >= 11 is 0. The number of carbonyl (C=O) groups excluding carboxylic acids is 1. The van der Waals surface area contributed by atoms with Crippen LogP contribution in [0.1, 0.15) is 22.8 Å². The second-order valence-electron chi connectivity index (χ2n) is 6.38. The molecular formula is C21H19N3O2. The van der Waals surface area contributed by atoms with E-state index in [9.17, 15) is 4.79 Å². The summed E-state index contributed by atoms with van der Waals surface area (Å²) in [5.74, 6) is 1.22. The molecule has 0 aliphatic carbocycles. The number of amides is 1.